The third-order valence-electron chi connectivity index (χ3n) is 5.22. The normalized spacial score (nSPS) is 11.8. The summed E-state index contributed by atoms with van der Waals surface area (Å²) >= 11 is 0. The molecule has 0 saturated carbocycles. The molecule has 0 aliphatic heterocycles. The molecule has 1 aromatic heterocycles. The minimum atomic E-state index is -3.80. The van der Waals surface area contributed by atoms with Crippen LogP contribution in [0.4, 0.5) is 0 Å². The zero-order valence-corrected chi connectivity index (χ0v) is 16.8. The van der Waals surface area contributed by atoms with Gasteiger partial charge in [-0.15, -0.1) is 0 Å². The molecule has 3 aromatic carbocycles. The van der Waals surface area contributed by atoms with Gasteiger partial charge in [0.25, 0.3) is 10.0 Å². The largest absolute Gasteiger partial charge is 0.268 e. The molecule has 4 aromatic rings. The molecule has 0 aliphatic rings. The van der Waals surface area contributed by atoms with Crippen molar-refractivity contribution in [1.82, 2.24) is 3.97 Å². The number of hydrogen-bond acceptors (Lipinski definition) is 3. The third kappa shape index (κ3) is 2.61. The summed E-state index contributed by atoms with van der Waals surface area (Å²) in [5, 5.41) is 11.0. The Balaban J connectivity index is 2.23. The Labute approximate surface area is 164 Å². The number of nitriles is 1. The van der Waals surface area contributed by atoms with Crippen LogP contribution in [0.15, 0.2) is 59.5 Å². The van der Waals surface area contributed by atoms with E-state index >= 15 is 0 Å². The average molecular weight is 388 g/mol. The molecule has 0 N–H and O–H groups in total. The van der Waals surface area contributed by atoms with Crippen LogP contribution in [0.1, 0.15) is 22.3 Å². The number of aromatic nitrogens is 1. The Bertz CT molecular complexity index is 1370. The molecule has 0 saturated heterocycles. The van der Waals surface area contributed by atoms with E-state index in [4.69, 9.17) is 0 Å². The second-order valence-corrected chi connectivity index (χ2v) is 8.94. The van der Waals surface area contributed by atoms with Crippen LogP contribution in [-0.2, 0) is 16.4 Å². The van der Waals surface area contributed by atoms with E-state index in [1.165, 1.54) is 3.97 Å². The van der Waals surface area contributed by atoms with Crippen molar-refractivity contribution in [1.29, 1.82) is 5.26 Å². The van der Waals surface area contributed by atoms with Crippen molar-refractivity contribution in [2.75, 3.05) is 0 Å². The van der Waals surface area contributed by atoms with E-state index in [2.05, 4.69) is 6.07 Å². The van der Waals surface area contributed by atoms with Crippen LogP contribution in [0.5, 0.6) is 0 Å². The topological polar surface area (TPSA) is 62.9 Å². The molecular formula is C23H20N2O2S. The van der Waals surface area contributed by atoms with E-state index in [1.54, 1.807) is 24.3 Å². The molecule has 140 valence electrons. The van der Waals surface area contributed by atoms with E-state index in [9.17, 15) is 13.7 Å². The van der Waals surface area contributed by atoms with Gasteiger partial charge in [0, 0.05) is 10.8 Å². The number of nitrogens with zero attached hydrogens (tertiary/aromatic N) is 2. The molecule has 0 fully saturated rings. The molecule has 0 amide bonds. The highest BCUT2D eigenvalue weighted by atomic mass is 32.2. The van der Waals surface area contributed by atoms with Crippen LogP contribution in [-0.4, -0.2) is 12.4 Å². The van der Waals surface area contributed by atoms with E-state index in [1.807, 2.05) is 51.1 Å². The lowest BCUT2D eigenvalue weighted by Gasteiger charge is -2.11. The maximum absolute atomic E-state index is 13.7. The summed E-state index contributed by atoms with van der Waals surface area (Å²) in [6.45, 7) is 5.83. The van der Waals surface area contributed by atoms with Crippen molar-refractivity contribution in [2.45, 2.75) is 32.1 Å². The van der Waals surface area contributed by atoms with Crippen LogP contribution in [0.3, 0.4) is 0 Å². The lowest BCUT2D eigenvalue weighted by molar-refractivity contribution is 0.590. The fourth-order valence-electron chi connectivity index (χ4n) is 3.84. The highest BCUT2D eigenvalue weighted by Gasteiger charge is 2.26. The van der Waals surface area contributed by atoms with Gasteiger partial charge < -0.3 is 0 Å². The highest BCUT2D eigenvalue weighted by Crippen LogP contribution is 2.38. The molecule has 4 rings (SSSR count). The first-order chi connectivity index (χ1) is 13.4. The molecule has 0 spiro atoms. The Morgan fingerprint density at radius 3 is 2.25 bits per heavy atom. The maximum atomic E-state index is 13.7. The van der Waals surface area contributed by atoms with Gasteiger partial charge in [-0.05, 0) is 55.7 Å². The third-order valence-corrected chi connectivity index (χ3v) is 6.95. The molecule has 0 radical (unpaired) electrons. The summed E-state index contributed by atoms with van der Waals surface area (Å²) in [4.78, 5) is 0.253. The Hall–Kier alpha value is -3.10. The number of fused-ring (bicyclic) bond motifs is 3. The molecule has 0 atom stereocenters. The van der Waals surface area contributed by atoms with Crippen molar-refractivity contribution < 1.29 is 8.42 Å². The molecule has 1 heterocycles. The van der Waals surface area contributed by atoms with E-state index in [0.29, 0.717) is 11.0 Å². The molecule has 0 bridgehead atoms. The fraction of sp³-hybridized carbons (Fsp3) is 0.174. The Kier molecular flexibility index (Phi) is 4.24. The SMILES string of the molecule is Cc1ccc(S(=O)(=O)n2c3cccc(CC#N)c3c3c(C)ccc(C)c32)cc1. The summed E-state index contributed by atoms with van der Waals surface area (Å²) in [5.74, 6) is 0. The highest BCUT2D eigenvalue weighted by molar-refractivity contribution is 7.90. The van der Waals surface area contributed by atoms with Gasteiger partial charge in [-0.1, -0.05) is 42.0 Å². The van der Waals surface area contributed by atoms with Gasteiger partial charge >= 0.3 is 0 Å². The van der Waals surface area contributed by atoms with Crippen LogP contribution >= 0.6 is 0 Å². The summed E-state index contributed by atoms with van der Waals surface area (Å²) in [5.41, 5.74) is 5.02. The summed E-state index contributed by atoms with van der Waals surface area (Å²) < 4.78 is 28.8. The van der Waals surface area contributed by atoms with Gasteiger partial charge in [0.05, 0.1) is 28.4 Å². The summed E-state index contributed by atoms with van der Waals surface area (Å²) in [6.07, 6.45) is 0.231. The zero-order chi connectivity index (χ0) is 20.1. The standard InChI is InChI=1S/C23H20N2O2S/c1-15-7-11-19(12-8-15)28(26,27)25-20-6-4-5-18(13-14-24)22(20)21-16(2)9-10-17(3)23(21)25/h4-12H,13H2,1-3H3. The van der Waals surface area contributed by atoms with Crippen LogP contribution in [0.25, 0.3) is 21.8 Å². The molecule has 4 nitrogen and oxygen atoms in total. The average Bonchev–Trinajstić information content (AvgIpc) is 3.03. The van der Waals surface area contributed by atoms with Crippen molar-refractivity contribution in [3.8, 4) is 6.07 Å². The predicted octanol–water partition coefficient (Wildman–Crippen LogP) is 5.02. The molecule has 28 heavy (non-hydrogen) atoms. The lowest BCUT2D eigenvalue weighted by Crippen LogP contribution is -2.13. The maximum Gasteiger partial charge on any atom is 0.268 e. The van der Waals surface area contributed by atoms with Crippen molar-refractivity contribution in [3.05, 3.63) is 76.9 Å². The number of benzene rings is 3. The number of aryl methyl sites for hydroxylation is 3. The van der Waals surface area contributed by atoms with Gasteiger partial charge in [0.15, 0.2) is 0 Å². The Morgan fingerprint density at radius 1 is 0.893 bits per heavy atom. The number of hydrogen-bond donors (Lipinski definition) is 0. The molecule has 5 heteroatoms. The van der Waals surface area contributed by atoms with Gasteiger partial charge in [0.1, 0.15) is 0 Å². The number of rotatable bonds is 3. The first-order valence-electron chi connectivity index (χ1n) is 9.07. The minimum absolute atomic E-state index is 0.231. The fourth-order valence-corrected chi connectivity index (χ4v) is 5.41. The predicted molar refractivity (Wildman–Crippen MR) is 112 cm³/mol. The molecular weight excluding hydrogens is 368 g/mol. The van der Waals surface area contributed by atoms with Crippen molar-refractivity contribution >= 4 is 31.8 Å². The smallest absolute Gasteiger partial charge is 0.233 e. The quantitative estimate of drug-likeness (QED) is 0.495. The molecule has 0 aliphatic carbocycles. The minimum Gasteiger partial charge on any atom is -0.233 e. The van der Waals surface area contributed by atoms with E-state index in [0.717, 1.165) is 33.0 Å². The monoisotopic (exact) mass is 388 g/mol. The second-order valence-electron chi connectivity index (χ2n) is 7.15. The van der Waals surface area contributed by atoms with Gasteiger partial charge in [-0.2, -0.15) is 5.26 Å². The first-order valence-corrected chi connectivity index (χ1v) is 10.5. The van der Waals surface area contributed by atoms with Gasteiger partial charge in [-0.25, -0.2) is 12.4 Å². The van der Waals surface area contributed by atoms with Crippen molar-refractivity contribution in [2.24, 2.45) is 0 Å². The summed E-state index contributed by atoms with van der Waals surface area (Å²) in [6, 6.07) is 18.6. The van der Waals surface area contributed by atoms with Gasteiger partial charge in [-0.3, -0.25) is 0 Å². The summed E-state index contributed by atoms with van der Waals surface area (Å²) in [7, 11) is -3.80. The van der Waals surface area contributed by atoms with E-state index < -0.39 is 10.0 Å². The van der Waals surface area contributed by atoms with Crippen LogP contribution < -0.4 is 0 Å². The lowest BCUT2D eigenvalue weighted by atomic mass is 10.00. The second kappa shape index (κ2) is 6.50. The van der Waals surface area contributed by atoms with Crippen LogP contribution in [0.2, 0.25) is 0 Å². The Morgan fingerprint density at radius 2 is 1.57 bits per heavy atom. The zero-order valence-electron chi connectivity index (χ0n) is 16.0. The molecule has 0 unspecified atom stereocenters. The van der Waals surface area contributed by atoms with Gasteiger partial charge in [0.2, 0.25) is 0 Å². The van der Waals surface area contributed by atoms with Crippen LogP contribution in [0, 0.1) is 32.1 Å². The van der Waals surface area contributed by atoms with Crippen molar-refractivity contribution in [3.63, 3.8) is 0 Å². The first kappa shape index (κ1) is 18.3. The van der Waals surface area contributed by atoms with E-state index in [-0.39, 0.29) is 11.3 Å².